The minimum atomic E-state index is -4.28. The summed E-state index contributed by atoms with van der Waals surface area (Å²) in [6.45, 7) is -1.08. The van der Waals surface area contributed by atoms with E-state index >= 15 is 0 Å². The van der Waals surface area contributed by atoms with Crippen LogP contribution in [0, 0.1) is 11.3 Å². The van der Waals surface area contributed by atoms with E-state index in [2.05, 4.69) is 10.0 Å². The van der Waals surface area contributed by atoms with Gasteiger partial charge in [-0.05, 0) is 31.0 Å². The smallest absolute Gasteiger partial charge is 0.306 e. The fraction of sp³-hybridized carbons (Fsp3) is 0.462. The molecule has 22 heavy (non-hydrogen) atoms. The lowest BCUT2D eigenvalue weighted by atomic mass is 9.88. The predicted octanol–water partition coefficient (Wildman–Crippen LogP) is 1.52. The highest BCUT2D eigenvalue weighted by molar-refractivity contribution is 7.89. The molecule has 1 fully saturated rings. The van der Waals surface area contributed by atoms with Crippen LogP contribution in [-0.4, -0.2) is 33.2 Å². The van der Waals surface area contributed by atoms with Crippen LogP contribution in [0.4, 0.5) is 13.2 Å². The van der Waals surface area contributed by atoms with Gasteiger partial charge in [-0.25, -0.2) is 13.1 Å². The van der Waals surface area contributed by atoms with Gasteiger partial charge in [-0.3, -0.25) is 0 Å². The summed E-state index contributed by atoms with van der Waals surface area (Å²) in [6, 6.07) is 6.66. The average molecular weight is 333 g/mol. The van der Waals surface area contributed by atoms with Gasteiger partial charge in [-0.1, -0.05) is 6.07 Å². The second kappa shape index (κ2) is 6.24. The van der Waals surface area contributed by atoms with E-state index in [-0.39, 0.29) is 16.5 Å². The zero-order valence-corrected chi connectivity index (χ0v) is 12.2. The minimum absolute atomic E-state index is 0.0294. The number of rotatable bonds is 5. The van der Waals surface area contributed by atoms with Gasteiger partial charge in [0.2, 0.25) is 10.0 Å². The molecule has 120 valence electrons. The molecule has 1 aliphatic rings. The summed E-state index contributed by atoms with van der Waals surface area (Å²) in [5, 5.41) is 11.1. The third-order valence-corrected chi connectivity index (χ3v) is 4.84. The van der Waals surface area contributed by atoms with E-state index in [9.17, 15) is 21.6 Å². The van der Waals surface area contributed by atoms with Crippen LogP contribution in [0.5, 0.6) is 0 Å². The molecular formula is C13H14F3N3O2S. The van der Waals surface area contributed by atoms with Gasteiger partial charge in [0.15, 0.2) is 0 Å². The number of sulfonamides is 1. The van der Waals surface area contributed by atoms with Crippen molar-refractivity contribution in [3.8, 4) is 6.07 Å². The molecule has 0 atom stereocenters. The Labute approximate surface area is 126 Å². The van der Waals surface area contributed by atoms with Crippen molar-refractivity contribution in [2.24, 2.45) is 0 Å². The molecule has 0 spiro atoms. The molecule has 2 rings (SSSR count). The van der Waals surface area contributed by atoms with Gasteiger partial charge in [0, 0.05) is 12.1 Å². The van der Waals surface area contributed by atoms with E-state index in [4.69, 9.17) is 5.26 Å². The van der Waals surface area contributed by atoms with Crippen LogP contribution in [0.25, 0.3) is 0 Å². The SMILES string of the molecule is N#Cc1cccc(S(=O)(=O)NC2CC(NCC(F)(F)F)C2)c1. The van der Waals surface area contributed by atoms with Gasteiger partial charge in [-0.15, -0.1) is 0 Å². The summed E-state index contributed by atoms with van der Waals surface area (Å²) in [6.07, 6.45) is -3.68. The van der Waals surface area contributed by atoms with Crippen LogP contribution < -0.4 is 10.0 Å². The number of nitrogens with one attached hydrogen (secondary N) is 2. The number of benzene rings is 1. The lowest BCUT2D eigenvalue weighted by Crippen LogP contribution is -2.53. The van der Waals surface area contributed by atoms with E-state index in [1.54, 1.807) is 0 Å². The fourth-order valence-electron chi connectivity index (χ4n) is 2.16. The van der Waals surface area contributed by atoms with Crippen LogP contribution in [0.15, 0.2) is 29.2 Å². The largest absolute Gasteiger partial charge is 0.401 e. The van der Waals surface area contributed by atoms with Crippen LogP contribution in [-0.2, 0) is 10.0 Å². The summed E-state index contributed by atoms with van der Waals surface area (Å²) in [5.41, 5.74) is 0.223. The Hall–Kier alpha value is -1.63. The van der Waals surface area contributed by atoms with Crippen LogP contribution in [0.1, 0.15) is 18.4 Å². The first-order chi connectivity index (χ1) is 10.2. The van der Waals surface area contributed by atoms with Gasteiger partial charge in [0.1, 0.15) is 0 Å². The zero-order valence-electron chi connectivity index (χ0n) is 11.4. The second-order valence-corrected chi connectivity index (χ2v) is 6.84. The number of nitriles is 1. The Morgan fingerprint density at radius 1 is 1.27 bits per heavy atom. The van der Waals surface area contributed by atoms with Gasteiger partial charge in [0.05, 0.1) is 23.1 Å². The monoisotopic (exact) mass is 333 g/mol. The number of nitrogens with zero attached hydrogens (tertiary/aromatic N) is 1. The second-order valence-electron chi connectivity index (χ2n) is 5.12. The molecule has 1 aromatic carbocycles. The first-order valence-electron chi connectivity index (χ1n) is 6.52. The van der Waals surface area contributed by atoms with Crippen molar-refractivity contribution >= 4 is 10.0 Å². The zero-order chi connectivity index (χ0) is 16.4. The lowest BCUT2D eigenvalue weighted by Gasteiger charge is -2.36. The quantitative estimate of drug-likeness (QED) is 0.856. The van der Waals surface area contributed by atoms with E-state index in [1.807, 2.05) is 6.07 Å². The van der Waals surface area contributed by atoms with Crippen molar-refractivity contribution in [2.45, 2.75) is 36.0 Å². The molecule has 0 radical (unpaired) electrons. The highest BCUT2D eigenvalue weighted by Gasteiger charge is 2.35. The van der Waals surface area contributed by atoms with Crippen LogP contribution in [0.3, 0.4) is 0 Å². The molecule has 1 aliphatic carbocycles. The first kappa shape index (κ1) is 16.7. The minimum Gasteiger partial charge on any atom is -0.306 e. The summed E-state index contributed by atoms with van der Waals surface area (Å²) in [4.78, 5) is -0.0294. The molecule has 9 heteroatoms. The normalized spacial score (nSPS) is 21.9. The van der Waals surface area contributed by atoms with E-state index in [0.29, 0.717) is 12.8 Å². The molecule has 0 aliphatic heterocycles. The van der Waals surface area contributed by atoms with E-state index in [1.165, 1.54) is 24.3 Å². The maximum Gasteiger partial charge on any atom is 0.401 e. The molecule has 0 bridgehead atoms. The fourth-order valence-corrected chi connectivity index (χ4v) is 3.47. The number of halogens is 3. The Morgan fingerprint density at radius 2 is 1.95 bits per heavy atom. The van der Waals surface area contributed by atoms with Crippen molar-refractivity contribution in [1.29, 1.82) is 5.26 Å². The van der Waals surface area contributed by atoms with Crippen molar-refractivity contribution in [1.82, 2.24) is 10.0 Å². The highest BCUT2D eigenvalue weighted by Crippen LogP contribution is 2.24. The van der Waals surface area contributed by atoms with Crippen molar-refractivity contribution < 1.29 is 21.6 Å². The summed E-state index contributed by atoms with van der Waals surface area (Å²) >= 11 is 0. The van der Waals surface area contributed by atoms with Gasteiger partial charge in [0.25, 0.3) is 0 Å². The molecule has 1 aromatic rings. The molecule has 2 N–H and O–H groups in total. The molecule has 0 saturated heterocycles. The van der Waals surface area contributed by atoms with Gasteiger partial charge >= 0.3 is 6.18 Å². The summed E-state index contributed by atoms with van der Waals surface area (Å²) in [7, 11) is -3.77. The van der Waals surface area contributed by atoms with Crippen molar-refractivity contribution in [2.75, 3.05) is 6.54 Å². The van der Waals surface area contributed by atoms with Gasteiger partial charge < -0.3 is 5.32 Å². The Morgan fingerprint density at radius 3 is 2.55 bits per heavy atom. The Balaban J connectivity index is 1.88. The molecule has 1 saturated carbocycles. The van der Waals surface area contributed by atoms with Crippen LogP contribution in [0.2, 0.25) is 0 Å². The Kier molecular flexibility index (Phi) is 4.75. The highest BCUT2D eigenvalue weighted by atomic mass is 32.2. The molecule has 0 heterocycles. The van der Waals surface area contributed by atoms with Crippen molar-refractivity contribution in [3.05, 3.63) is 29.8 Å². The lowest BCUT2D eigenvalue weighted by molar-refractivity contribution is -0.127. The van der Waals surface area contributed by atoms with Gasteiger partial charge in [-0.2, -0.15) is 18.4 Å². The first-order valence-corrected chi connectivity index (χ1v) is 8.00. The number of alkyl halides is 3. The number of hydrogen-bond acceptors (Lipinski definition) is 4. The summed E-state index contributed by atoms with van der Waals surface area (Å²) < 4.78 is 62.8. The van der Waals surface area contributed by atoms with Crippen molar-refractivity contribution in [3.63, 3.8) is 0 Å². The predicted molar refractivity (Wildman–Crippen MR) is 72.3 cm³/mol. The Bertz CT molecular complexity index is 677. The third-order valence-electron chi connectivity index (χ3n) is 3.32. The maximum atomic E-state index is 12.1. The molecular weight excluding hydrogens is 319 g/mol. The van der Waals surface area contributed by atoms with Crippen LogP contribution >= 0.6 is 0 Å². The molecule has 0 aromatic heterocycles. The average Bonchev–Trinajstić information content (AvgIpc) is 2.40. The van der Waals surface area contributed by atoms with E-state index < -0.39 is 28.8 Å². The number of hydrogen-bond donors (Lipinski definition) is 2. The third kappa shape index (κ3) is 4.43. The standard InChI is InChI=1S/C13H14F3N3O2S/c14-13(15,16)8-18-10-5-11(6-10)19-22(20,21)12-3-1-2-9(4-12)7-17/h1-4,10-11,18-19H,5-6,8H2. The topological polar surface area (TPSA) is 82.0 Å². The summed E-state index contributed by atoms with van der Waals surface area (Å²) in [5.74, 6) is 0. The van der Waals surface area contributed by atoms with E-state index in [0.717, 1.165) is 0 Å². The molecule has 0 unspecified atom stereocenters. The molecule has 5 nitrogen and oxygen atoms in total. The molecule has 0 amide bonds. The maximum absolute atomic E-state index is 12.1.